The van der Waals surface area contributed by atoms with Crippen molar-refractivity contribution in [3.8, 4) is 17.1 Å². The number of aromatic amines is 2. The van der Waals surface area contributed by atoms with E-state index in [1.54, 1.807) is 4.90 Å². The Hall–Kier alpha value is -3.35. The van der Waals surface area contributed by atoms with Gasteiger partial charge in [0.25, 0.3) is 5.91 Å². The first kappa shape index (κ1) is 16.1. The van der Waals surface area contributed by atoms with E-state index in [2.05, 4.69) is 15.0 Å². The third-order valence-corrected chi connectivity index (χ3v) is 4.49. The van der Waals surface area contributed by atoms with Gasteiger partial charge in [-0.1, -0.05) is 30.3 Å². The van der Waals surface area contributed by atoms with Gasteiger partial charge in [-0.3, -0.25) is 9.59 Å². The summed E-state index contributed by atoms with van der Waals surface area (Å²) in [6, 6.07) is 11.2. The van der Waals surface area contributed by atoms with E-state index < -0.39 is 0 Å². The lowest BCUT2D eigenvalue weighted by Crippen LogP contribution is -2.36. The lowest BCUT2D eigenvalue weighted by molar-refractivity contribution is 0.0725. The fourth-order valence-corrected chi connectivity index (χ4v) is 3.11. The van der Waals surface area contributed by atoms with E-state index in [1.165, 1.54) is 19.4 Å². The van der Waals surface area contributed by atoms with Crippen LogP contribution in [0.25, 0.3) is 11.4 Å². The van der Waals surface area contributed by atoms with Gasteiger partial charge in [0.1, 0.15) is 11.5 Å². The highest BCUT2D eigenvalue weighted by atomic mass is 16.5. The number of pyridine rings is 1. The van der Waals surface area contributed by atoms with Crippen LogP contribution in [-0.2, 0) is 13.0 Å². The number of H-pyrrole nitrogens is 2. The van der Waals surface area contributed by atoms with Crippen LogP contribution >= 0.6 is 0 Å². The number of hydrogen-bond acceptors (Lipinski definition) is 4. The average Bonchev–Trinajstić information content (AvgIpc) is 3.11. The van der Waals surface area contributed by atoms with Crippen LogP contribution in [0.4, 0.5) is 0 Å². The molecule has 26 heavy (non-hydrogen) atoms. The number of fused-ring (bicyclic) bond motifs is 1. The molecule has 1 aromatic carbocycles. The number of ether oxygens (including phenoxy) is 1. The molecule has 7 heteroatoms. The number of aromatic nitrogens is 3. The van der Waals surface area contributed by atoms with Crippen LogP contribution in [0.2, 0.25) is 0 Å². The number of amides is 1. The van der Waals surface area contributed by atoms with Gasteiger partial charge in [-0.15, -0.1) is 0 Å². The highest BCUT2D eigenvalue weighted by Crippen LogP contribution is 2.23. The summed E-state index contributed by atoms with van der Waals surface area (Å²) in [5.41, 5.74) is 2.86. The molecule has 3 aromatic rings. The molecule has 0 fully saturated rings. The minimum absolute atomic E-state index is 0.184. The Bertz CT molecular complexity index is 1010. The number of nitrogens with zero attached hydrogens (tertiary/aromatic N) is 2. The molecule has 0 saturated heterocycles. The Labute approximate surface area is 149 Å². The summed E-state index contributed by atoms with van der Waals surface area (Å²) in [4.78, 5) is 37.1. The molecule has 0 aliphatic carbocycles. The van der Waals surface area contributed by atoms with Crippen LogP contribution < -0.4 is 10.2 Å². The number of carbonyl (C=O) groups excluding carboxylic acids is 1. The second-order valence-electron chi connectivity index (χ2n) is 6.13. The topological polar surface area (TPSA) is 91.1 Å². The molecule has 2 aromatic heterocycles. The van der Waals surface area contributed by atoms with Gasteiger partial charge in [0.15, 0.2) is 5.75 Å². The molecule has 2 N–H and O–H groups in total. The first-order valence-corrected chi connectivity index (χ1v) is 8.35. The first-order chi connectivity index (χ1) is 12.7. The van der Waals surface area contributed by atoms with E-state index in [0.717, 1.165) is 22.8 Å². The van der Waals surface area contributed by atoms with Crippen LogP contribution in [0.5, 0.6) is 5.75 Å². The van der Waals surface area contributed by atoms with Crippen LogP contribution in [0.1, 0.15) is 21.9 Å². The quantitative estimate of drug-likeness (QED) is 0.755. The van der Waals surface area contributed by atoms with E-state index in [4.69, 9.17) is 4.74 Å². The SMILES string of the molecule is COc1c[nH]c(C(=O)N2CCc3nc(-c4ccccc4)[nH]c3C2)cc1=O. The molecule has 7 nitrogen and oxygen atoms in total. The fourth-order valence-electron chi connectivity index (χ4n) is 3.11. The molecular formula is C19H18N4O3. The van der Waals surface area contributed by atoms with Crippen molar-refractivity contribution in [1.29, 1.82) is 0 Å². The Kier molecular flexibility index (Phi) is 4.04. The average molecular weight is 350 g/mol. The van der Waals surface area contributed by atoms with Crippen molar-refractivity contribution in [2.24, 2.45) is 0 Å². The molecule has 0 atom stereocenters. The molecule has 0 saturated carbocycles. The smallest absolute Gasteiger partial charge is 0.270 e. The number of imidazole rings is 1. The second-order valence-corrected chi connectivity index (χ2v) is 6.13. The molecule has 4 rings (SSSR count). The molecule has 132 valence electrons. The molecule has 3 heterocycles. The summed E-state index contributed by atoms with van der Waals surface area (Å²) in [5.74, 6) is 0.776. The predicted octanol–water partition coefficient (Wildman–Crippen LogP) is 1.97. The Morgan fingerprint density at radius 1 is 1.27 bits per heavy atom. The summed E-state index contributed by atoms with van der Waals surface area (Å²) in [6.07, 6.45) is 2.08. The maximum absolute atomic E-state index is 12.7. The van der Waals surface area contributed by atoms with Crippen molar-refractivity contribution in [1.82, 2.24) is 19.9 Å². The van der Waals surface area contributed by atoms with Crippen molar-refractivity contribution in [2.45, 2.75) is 13.0 Å². The molecule has 1 aliphatic rings. The monoisotopic (exact) mass is 350 g/mol. The lowest BCUT2D eigenvalue weighted by Gasteiger charge is -2.26. The van der Waals surface area contributed by atoms with Gasteiger partial charge in [0.2, 0.25) is 5.43 Å². The van der Waals surface area contributed by atoms with Crippen molar-refractivity contribution < 1.29 is 9.53 Å². The molecule has 1 aliphatic heterocycles. The van der Waals surface area contributed by atoms with Gasteiger partial charge in [-0.25, -0.2) is 4.98 Å². The molecule has 1 amide bonds. The number of hydrogen-bond donors (Lipinski definition) is 2. The van der Waals surface area contributed by atoms with Gasteiger partial charge < -0.3 is 19.6 Å². The van der Waals surface area contributed by atoms with Gasteiger partial charge in [0, 0.05) is 30.8 Å². The third kappa shape index (κ3) is 2.88. The van der Waals surface area contributed by atoms with Crippen LogP contribution in [0.15, 0.2) is 47.4 Å². The highest BCUT2D eigenvalue weighted by molar-refractivity contribution is 5.92. The maximum atomic E-state index is 12.7. The van der Waals surface area contributed by atoms with Crippen molar-refractivity contribution in [3.63, 3.8) is 0 Å². The largest absolute Gasteiger partial charge is 0.491 e. The van der Waals surface area contributed by atoms with E-state index in [1.807, 2.05) is 30.3 Å². The van der Waals surface area contributed by atoms with Gasteiger partial charge in [0.05, 0.1) is 25.0 Å². The maximum Gasteiger partial charge on any atom is 0.270 e. The van der Waals surface area contributed by atoms with Gasteiger partial charge in [-0.05, 0) is 0 Å². The zero-order valence-corrected chi connectivity index (χ0v) is 14.3. The number of benzene rings is 1. The van der Waals surface area contributed by atoms with E-state index in [9.17, 15) is 9.59 Å². The fraction of sp³-hybridized carbons (Fsp3) is 0.211. The highest BCUT2D eigenvalue weighted by Gasteiger charge is 2.25. The molecule has 0 radical (unpaired) electrons. The number of rotatable bonds is 3. The minimum atomic E-state index is -0.319. The van der Waals surface area contributed by atoms with E-state index in [0.29, 0.717) is 19.5 Å². The summed E-state index contributed by atoms with van der Waals surface area (Å²) >= 11 is 0. The van der Waals surface area contributed by atoms with Crippen LogP contribution in [0.3, 0.4) is 0 Å². The Morgan fingerprint density at radius 2 is 2.08 bits per heavy atom. The second kappa shape index (κ2) is 6.51. The molecule has 0 spiro atoms. The van der Waals surface area contributed by atoms with E-state index in [-0.39, 0.29) is 22.8 Å². The Morgan fingerprint density at radius 3 is 2.81 bits per heavy atom. The Balaban J connectivity index is 1.57. The number of carbonyl (C=O) groups is 1. The van der Waals surface area contributed by atoms with Crippen molar-refractivity contribution in [3.05, 3.63) is 69.9 Å². The van der Waals surface area contributed by atoms with E-state index >= 15 is 0 Å². The molecular weight excluding hydrogens is 332 g/mol. The van der Waals surface area contributed by atoms with Gasteiger partial charge in [-0.2, -0.15) is 0 Å². The standard InChI is InChI=1S/C19H18N4O3/c1-26-17-10-20-14(9-16(17)24)19(25)23-8-7-13-15(11-23)22-18(21-13)12-5-3-2-4-6-12/h2-6,9-10H,7-8,11H2,1H3,(H,20,24)(H,21,22). The number of nitrogens with one attached hydrogen (secondary N) is 2. The first-order valence-electron chi connectivity index (χ1n) is 8.35. The van der Waals surface area contributed by atoms with Crippen molar-refractivity contribution >= 4 is 5.91 Å². The zero-order chi connectivity index (χ0) is 18.1. The lowest BCUT2D eigenvalue weighted by atomic mass is 10.1. The summed E-state index contributed by atoms with van der Waals surface area (Å²) in [7, 11) is 1.42. The normalized spacial score (nSPS) is 13.3. The van der Waals surface area contributed by atoms with Crippen LogP contribution in [-0.4, -0.2) is 39.4 Å². The number of methoxy groups -OCH3 is 1. The third-order valence-electron chi connectivity index (χ3n) is 4.49. The predicted molar refractivity (Wildman–Crippen MR) is 96.1 cm³/mol. The summed E-state index contributed by atoms with van der Waals surface area (Å²) in [5, 5.41) is 0. The summed E-state index contributed by atoms with van der Waals surface area (Å²) in [6.45, 7) is 0.987. The van der Waals surface area contributed by atoms with Crippen LogP contribution in [0, 0.1) is 0 Å². The van der Waals surface area contributed by atoms with Gasteiger partial charge >= 0.3 is 0 Å². The molecule has 0 bridgehead atoms. The summed E-state index contributed by atoms with van der Waals surface area (Å²) < 4.78 is 4.93. The zero-order valence-electron chi connectivity index (χ0n) is 14.3. The molecule has 0 unspecified atom stereocenters. The van der Waals surface area contributed by atoms with Crippen molar-refractivity contribution in [2.75, 3.05) is 13.7 Å². The minimum Gasteiger partial charge on any atom is -0.491 e.